The van der Waals surface area contributed by atoms with Crippen molar-refractivity contribution in [1.29, 1.82) is 0 Å². The van der Waals surface area contributed by atoms with Gasteiger partial charge in [-0.2, -0.15) is 4.31 Å². The van der Waals surface area contributed by atoms with Gasteiger partial charge in [0.15, 0.2) is 0 Å². The summed E-state index contributed by atoms with van der Waals surface area (Å²) in [5, 5.41) is 11.3. The van der Waals surface area contributed by atoms with Crippen molar-refractivity contribution >= 4 is 15.9 Å². The number of aliphatic hydroxyl groups is 1. The largest absolute Gasteiger partial charge is 0.497 e. The molecule has 1 amide bonds. The molecule has 2 aromatic rings. The maximum absolute atomic E-state index is 13.5. The summed E-state index contributed by atoms with van der Waals surface area (Å²) in [7, 11) is -2.28. The topological polar surface area (TPSA) is 110 Å². The third-order valence-corrected chi connectivity index (χ3v) is 7.97. The van der Waals surface area contributed by atoms with Crippen LogP contribution in [-0.2, 0) is 21.2 Å². The summed E-state index contributed by atoms with van der Waals surface area (Å²) >= 11 is 0. The number of aliphatic hydroxyl groups excluding tert-OH is 1. The van der Waals surface area contributed by atoms with Crippen molar-refractivity contribution in [1.82, 2.24) is 4.31 Å². The predicted octanol–water partition coefficient (Wildman–Crippen LogP) is 3.85. The summed E-state index contributed by atoms with van der Waals surface area (Å²) in [5.41, 5.74) is 6.42. The zero-order valence-corrected chi connectivity index (χ0v) is 22.1. The Kier molecular flexibility index (Phi) is 11.2. The molecular weight excluding hydrogens is 464 g/mol. The molecule has 0 spiro atoms. The van der Waals surface area contributed by atoms with E-state index in [0.717, 1.165) is 5.56 Å². The van der Waals surface area contributed by atoms with Crippen LogP contribution in [0, 0.1) is 17.8 Å². The molecule has 0 aliphatic heterocycles. The summed E-state index contributed by atoms with van der Waals surface area (Å²) < 4.78 is 33.5. The molecule has 0 aromatic heterocycles. The quantitative estimate of drug-likeness (QED) is 0.383. The summed E-state index contributed by atoms with van der Waals surface area (Å²) in [6.45, 7) is 6.16. The van der Waals surface area contributed by atoms with Crippen LogP contribution in [-0.4, -0.2) is 50.0 Å². The van der Waals surface area contributed by atoms with Gasteiger partial charge in [0.25, 0.3) is 0 Å². The van der Waals surface area contributed by atoms with E-state index in [4.69, 9.17) is 10.5 Å². The summed E-state index contributed by atoms with van der Waals surface area (Å²) in [4.78, 5) is 11.5. The number of primary amides is 1. The molecule has 0 radical (unpaired) electrons. The SMILES string of the molecule is COc1ccc(S(=O)(=O)N(CC(C)C)C[C@H](O)[C@@H](CCC(C)CC(N)=O)Cc2ccccc2)cc1. The van der Waals surface area contributed by atoms with E-state index < -0.39 is 16.1 Å². The molecule has 0 saturated carbocycles. The number of hydrogen-bond donors (Lipinski definition) is 2. The number of carbonyl (C=O) groups is 1. The lowest BCUT2D eigenvalue weighted by atomic mass is 9.86. The molecule has 2 rings (SSSR count). The van der Waals surface area contributed by atoms with Crippen molar-refractivity contribution in [3.8, 4) is 5.75 Å². The Morgan fingerprint density at radius 2 is 1.63 bits per heavy atom. The molecule has 3 atom stereocenters. The van der Waals surface area contributed by atoms with E-state index in [0.29, 0.717) is 38.0 Å². The number of nitrogens with zero attached hydrogens (tertiary/aromatic N) is 1. The van der Waals surface area contributed by atoms with Gasteiger partial charge in [0.2, 0.25) is 15.9 Å². The maximum atomic E-state index is 13.5. The molecular formula is C27H40N2O5S. The summed E-state index contributed by atoms with van der Waals surface area (Å²) in [5.74, 6) is 0.235. The number of rotatable bonds is 15. The monoisotopic (exact) mass is 504 g/mol. The minimum atomic E-state index is -3.81. The number of benzene rings is 2. The molecule has 7 nitrogen and oxygen atoms in total. The van der Waals surface area contributed by atoms with E-state index >= 15 is 0 Å². The van der Waals surface area contributed by atoms with Gasteiger partial charge >= 0.3 is 0 Å². The maximum Gasteiger partial charge on any atom is 0.243 e. The number of carbonyl (C=O) groups excluding carboxylic acids is 1. The lowest BCUT2D eigenvalue weighted by molar-refractivity contribution is -0.118. The Morgan fingerprint density at radius 3 is 2.17 bits per heavy atom. The Balaban J connectivity index is 2.25. The molecule has 2 aromatic carbocycles. The van der Waals surface area contributed by atoms with E-state index in [9.17, 15) is 18.3 Å². The lowest BCUT2D eigenvalue weighted by Gasteiger charge is -2.31. The van der Waals surface area contributed by atoms with Gasteiger partial charge < -0.3 is 15.6 Å². The highest BCUT2D eigenvalue weighted by Crippen LogP contribution is 2.26. The van der Waals surface area contributed by atoms with Gasteiger partial charge in [0, 0.05) is 19.5 Å². The van der Waals surface area contributed by atoms with Crippen molar-refractivity contribution in [3.05, 3.63) is 60.2 Å². The fourth-order valence-electron chi connectivity index (χ4n) is 4.22. The molecule has 3 N–H and O–H groups in total. The zero-order chi connectivity index (χ0) is 26.0. The van der Waals surface area contributed by atoms with E-state index in [2.05, 4.69) is 0 Å². The molecule has 1 unspecified atom stereocenters. The van der Waals surface area contributed by atoms with Crippen LogP contribution in [0.3, 0.4) is 0 Å². The molecule has 35 heavy (non-hydrogen) atoms. The van der Waals surface area contributed by atoms with Crippen LogP contribution in [0.15, 0.2) is 59.5 Å². The normalized spacial score (nSPS) is 14.6. The Bertz CT molecular complexity index is 1010. The van der Waals surface area contributed by atoms with Gasteiger partial charge in [-0.25, -0.2) is 8.42 Å². The summed E-state index contributed by atoms with van der Waals surface area (Å²) in [6.07, 6.45) is 1.40. The Labute approximate surface area is 210 Å². The van der Waals surface area contributed by atoms with Gasteiger partial charge in [0.1, 0.15) is 5.75 Å². The fraction of sp³-hybridized carbons (Fsp3) is 0.519. The minimum Gasteiger partial charge on any atom is -0.497 e. The molecule has 0 bridgehead atoms. The van der Waals surface area contributed by atoms with Crippen LogP contribution in [0.5, 0.6) is 5.75 Å². The highest BCUT2D eigenvalue weighted by atomic mass is 32.2. The number of methoxy groups -OCH3 is 1. The molecule has 8 heteroatoms. The molecule has 0 heterocycles. The van der Waals surface area contributed by atoms with E-state index in [-0.39, 0.29) is 35.1 Å². The van der Waals surface area contributed by atoms with E-state index in [1.807, 2.05) is 51.1 Å². The molecule has 0 fully saturated rings. The second kappa shape index (κ2) is 13.6. The lowest BCUT2D eigenvalue weighted by Crippen LogP contribution is -2.42. The van der Waals surface area contributed by atoms with Crippen LogP contribution in [0.1, 0.15) is 45.6 Å². The van der Waals surface area contributed by atoms with E-state index in [1.165, 1.54) is 23.5 Å². The summed E-state index contributed by atoms with van der Waals surface area (Å²) in [6, 6.07) is 16.2. The smallest absolute Gasteiger partial charge is 0.243 e. The van der Waals surface area contributed by atoms with Crippen LogP contribution in [0.4, 0.5) is 0 Å². The van der Waals surface area contributed by atoms with Crippen LogP contribution in [0.2, 0.25) is 0 Å². The van der Waals surface area contributed by atoms with Crippen LogP contribution < -0.4 is 10.5 Å². The van der Waals surface area contributed by atoms with Crippen molar-refractivity contribution in [2.75, 3.05) is 20.2 Å². The van der Waals surface area contributed by atoms with Gasteiger partial charge in [0.05, 0.1) is 18.1 Å². The molecule has 194 valence electrons. The number of amides is 1. The number of ether oxygens (including phenoxy) is 1. The first kappa shape index (κ1) is 28.8. The van der Waals surface area contributed by atoms with Crippen molar-refractivity contribution in [2.45, 2.75) is 57.5 Å². The second-order valence-electron chi connectivity index (χ2n) is 9.76. The zero-order valence-electron chi connectivity index (χ0n) is 21.3. The Morgan fingerprint density at radius 1 is 1.00 bits per heavy atom. The molecule has 0 aliphatic carbocycles. The van der Waals surface area contributed by atoms with Gasteiger partial charge in [-0.3, -0.25) is 4.79 Å². The predicted molar refractivity (Wildman–Crippen MR) is 138 cm³/mol. The van der Waals surface area contributed by atoms with Gasteiger partial charge in [-0.15, -0.1) is 0 Å². The standard InChI is InChI=1S/C27H40N2O5S/c1-20(2)18-29(35(32,33)25-14-12-24(34-4)13-15-25)19-26(30)23(11-10-21(3)16-27(28)31)17-22-8-6-5-7-9-22/h5-9,12-15,20-21,23,26,30H,10-11,16-19H2,1-4H3,(H2,28,31)/t21?,23-,26-/m0/s1. The first-order valence-electron chi connectivity index (χ1n) is 12.2. The highest BCUT2D eigenvalue weighted by Gasteiger charge is 2.30. The fourth-order valence-corrected chi connectivity index (χ4v) is 5.85. The average molecular weight is 505 g/mol. The molecule has 0 aliphatic rings. The highest BCUT2D eigenvalue weighted by molar-refractivity contribution is 7.89. The van der Waals surface area contributed by atoms with Gasteiger partial charge in [-0.1, -0.05) is 51.1 Å². The number of hydrogen-bond acceptors (Lipinski definition) is 5. The number of nitrogens with two attached hydrogens (primary N) is 1. The van der Waals surface area contributed by atoms with Crippen LogP contribution in [0.25, 0.3) is 0 Å². The van der Waals surface area contributed by atoms with Gasteiger partial charge in [-0.05, 0) is 66.8 Å². The average Bonchev–Trinajstić information content (AvgIpc) is 2.81. The Hall–Kier alpha value is -2.42. The second-order valence-corrected chi connectivity index (χ2v) is 11.7. The van der Waals surface area contributed by atoms with E-state index in [1.54, 1.807) is 12.1 Å². The minimum absolute atomic E-state index is 0.00571. The first-order chi connectivity index (χ1) is 16.5. The molecule has 0 saturated heterocycles. The third-order valence-electron chi connectivity index (χ3n) is 6.12. The van der Waals surface area contributed by atoms with Crippen molar-refractivity contribution < 1.29 is 23.1 Å². The number of sulfonamides is 1. The van der Waals surface area contributed by atoms with Crippen molar-refractivity contribution in [2.24, 2.45) is 23.5 Å². The third kappa shape index (κ3) is 9.28. The van der Waals surface area contributed by atoms with Crippen LogP contribution >= 0.6 is 0 Å². The van der Waals surface area contributed by atoms with Crippen molar-refractivity contribution in [3.63, 3.8) is 0 Å². The first-order valence-corrected chi connectivity index (χ1v) is 13.6.